The molecule has 0 radical (unpaired) electrons. The maximum Gasteiger partial charge on any atom is 0.228 e. The van der Waals surface area contributed by atoms with Gasteiger partial charge in [0.05, 0.1) is 5.92 Å². The average molecular weight is 258 g/mol. The third-order valence-electron chi connectivity index (χ3n) is 4.72. The monoisotopic (exact) mass is 258 g/mol. The number of carbonyl (C=O) groups excluding carboxylic acids is 1. The van der Waals surface area contributed by atoms with Crippen LogP contribution in [0.15, 0.2) is 24.3 Å². The van der Waals surface area contributed by atoms with Gasteiger partial charge in [-0.3, -0.25) is 4.79 Å². The minimum absolute atomic E-state index is 0.0478. The number of nitrogens with two attached hydrogens (primary N) is 1. The van der Waals surface area contributed by atoms with Gasteiger partial charge >= 0.3 is 0 Å². The van der Waals surface area contributed by atoms with Crippen LogP contribution in [0.3, 0.4) is 0 Å². The Kier molecular flexibility index (Phi) is 3.56. The molecule has 3 rings (SSSR count). The standard InChI is InChI=1S/C16H22N2O/c17-10-15(11-5-1-2-6-11)18-16(19)14-9-12-7-3-4-8-13(12)14/h3-4,7-8,11,14-15H,1-2,5-6,9-10,17H2,(H,18,19). The molecule has 2 aliphatic rings. The SMILES string of the molecule is NCC(NC(=O)C1Cc2ccccc21)C1CCCC1. The summed E-state index contributed by atoms with van der Waals surface area (Å²) in [6.07, 6.45) is 5.86. The minimum atomic E-state index is 0.0478. The molecule has 0 heterocycles. The fourth-order valence-electron chi connectivity index (χ4n) is 3.51. The van der Waals surface area contributed by atoms with Gasteiger partial charge in [0.25, 0.3) is 0 Å². The van der Waals surface area contributed by atoms with E-state index in [1.54, 1.807) is 0 Å². The first-order chi connectivity index (χ1) is 9.29. The van der Waals surface area contributed by atoms with E-state index in [0.717, 1.165) is 6.42 Å². The number of hydrogen-bond acceptors (Lipinski definition) is 2. The number of nitrogens with one attached hydrogen (secondary N) is 1. The van der Waals surface area contributed by atoms with E-state index in [9.17, 15) is 4.79 Å². The van der Waals surface area contributed by atoms with E-state index in [2.05, 4.69) is 17.4 Å². The van der Waals surface area contributed by atoms with Crippen molar-refractivity contribution in [2.45, 2.75) is 44.1 Å². The highest BCUT2D eigenvalue weighted by Crippen LogP contribution is 2.35. The third-order valence-corrected chi connectivity index (χ3v) is 4.72. The molecule has 102 valence electrons. The molecule has 1 amide bonds. The minimum Gasteiger partial charge on any atom is -0.351 e. The normalized spacial score (nSPS) is 23.5. The van der Waals surface area contributed by atoms with Crippen molar-refractivity contribution in [2.24, 2.45) is 11.7 Å². The van der Waals surface area contributed by atoms with Gasteiger partial charge in [-0.15, -0.1) is 0 Å². The molecule has 0 aliphatic heterocycles. The highest BCUT2D eigenvalue weighted by Gasteiger charge is 2.34. The van der Waals surface area contributed by atoms with E-state index in [1.807, 2.05) is 12.1 Å². The summed E-state index contributed by atoms with van der Waals surface area (Å²) in [5, 5.41) is 3.19. The fraction of sp³-hybridized carbons (Fsp3) is 0.562. The fourth-order valence-corrected chi connectivity index (χ4v) is 3.51. The van der Waals surface area contributed by atoms with E-state index in [0.29, 0.717) is 12.5 Å². The molecule has 1 fully saturated rings. The van der Waals surface area contributed by atoms with Crippen LogP contribution in [0.1, 0.15) is 42.7 Å². The van der Waals surface area contributed by atoms with Gasteiger partial charge in [-0.2, -0.15) is 0 Å². The Labute approximate surface area is 114 Å². The average Bonchev–Trinajstić information content (AvgIpc) is 2.91. The van der Waals surface area contributed by atoms with Crippen LogP contribution in [-0.2, 0) is 11.2 Å². The molecular formula is C16H22N2O. The number of carbonyl (C=O) groups is 1. The summed E-state index contributed by atoms with van der Waals surface area (Å²) in [6.45, 7) is 0.560. The lowest BCUT2D eigenvalue weighted by molar-refractivity contribution is -0.124. The molecule has 0 spiro atoms. The molecule has 2 aliphatic carbocycles. The molecule has 0 aromatic heterocycles. The maximum absolute atomic E-state index is 12.3. The van der Waals surface area contributed by atoms with Crippen LogP contribution in [0.25, 0.3) is 0 Å². The lowest BCUT2D eigenvalue weighted by Crippen LogP contribution is -2.48. The molecule has 19 heavy (non-hydrogen) atoms. The van der Waals surface area contributed by atoms with Crippen LogP contribution in [0.2, 0.25) is 0 Å². The first-order valence-corrected chi connectivity index (χ1v) is 7.38. The topological polar surface area (TPSA) is 55.1 Å². The van der Waals surface area contributed by atoms with E-state index >= 15 is 0 Å². The van der Waals surface area contributed by atoms with Gasteiger partial charge in [-0.1, -0.05) is 37.1 Å². The summed E-state index contributed by atoms with van der Waals surface area (Å²) in [5.74, 6) is 0.803. The Morgan fingerprint density at radius 3 is 2.74 bits per heavy atom. The van der Waals surface area contributed by atoms with E-state index in [4.69, 9.17) is 5.73 Å². The lowest BCUT2D eigenvalue weighted by Gasteiger charge is -2.32. The van der Waals surface area contributed by atoms with Gasteiger partial charge in [0.2, 0.25) is 5.91 Å². The molecule has 1 aromatic carbocycles. The Bertz CT molecular complexity index is 466. The van der Waals surface area contributed by atoms with Crippen molar-refractivity contribution in [2.75, 3.05) is 6.54 Å². The zero-order valence-corrected chi connectivity index (χ0v) is 11.3. The summed E-state index contributed by atoms with van der Waals surface area (Å²) in [6, 6.07) is 8.39. The van der Waals surface area contributed by atoms with Crippen molar-refractivity contribution >= 4 is 5.91 Å². The smallest absolute Gasteiger partial charge is 0.228 e. The second kappa shape index (κ2) is 5.33. The van der Waals surface area contributed by atoms with E-state index in [1.165, 1.54) is 36.8 Å². The number of rotatable bonds is 4. The third kappa shape index (κ3) is 2.39. The Balaban J connectivity index is 1.62. The van der Waals surface area contributed by atoms with Crippen molar-refractivity contribution in [1.82, 2.24) is 5.32 Å². The largest absolute Gasteiger partial charge is 0.351 e. The van der Waals surface area contributed by atoms with Crippen LogP contribution < -0.4 is 11.1 Å². The number of fused-ring (bicyclic) bond motifs is 1. The Hall–Kier alpha value is -1.35. The van der Waals surface area contributed by atoms with Gasteiger partial charge < -0.3 is 11.1 Å². The second-order valence-electron chi connectivity index (χ2n) is 5.85. The molecule has 0 bridgehead atoms. The molecule has 3 N–H and O–H groups in total. The highest BCUT2D eigenvalue weighted by molar-refractivity contribution is 5.87. The van der Waals surface area contributed by atoms with Crippen LogP contribution in [0.4, 0.5) is 0 Å². The van der Waals surface area contributed by atoms with Crippen LogP contribution >= 0.6 is 0 Å². The summed E-state index contributed by atoms with van der Waals surface area (Å²) in [7, 11) is 0. The number of hydrogen-bond donors (Lipinski definition) is 2. The first-order valence-electron chi connectivity index (χ1n) is 7.38. The van der Waals surface area contributed by atoms with Crippen molar-refractivity contribution < 1.29 is 4.79 Å². The van der Waals surface area contributed by atoms with Gasteiger partial charge in [0.1, 0.15) is 0 Å². The summed E-state index contributed by atoms with van der Waals surface area (Å²) >= 11 is 0. The molecule has 2 unspecified atom stereocenters. The first kappa shape index (κ1) is 12.7. The number of benzene rings is 1. The quantitative estimate of drug-likeness (QED) is 0.867. The van der Waals surface area contributed by atoms with E-state index in [-0.39, 0.29) is 17.9 Å². The van der Waals surface area contributed by atoms with Crippen molar-refractivity contribution in [1.29, 1.82) is 0 Å². The Morgan fingerprint density at radius 1 is 1.32 bits per heavy atom. The second-order valence-corrected chi connectivity index (χ2v) is 5.85. The van der Waals surface area contributed by atoms with Crippen molar-refractivity contribution in [3.05, 3.63) is 35.4 Å². The highest BCUT2D eigenvalue weighted by atomic mass is 16.2. The van der Waals surface area contributed by atoms with E-state index < -0.39 is 0 Å². The van der Waals surface area contributed by atoms with Gasteiger partial charge in [0, 0.05) is 12.6 Å². The van der Waals surface area contributed by atoms with Crippen LogP contribution in [-0.4, -0.2) is 18.5 Å². The predicted molar refractivity (Wildman–Crippen MR) is 75.8 cm³/mol. The molecular weight excluding hydrogens is 236 g/mol. The predicted octanol–water partition coefficient (Wildman–Crippen LogP) is 1.96. The Morgan fingerprint density at radius 2 is 2.05 bits per heavy atom. The molecule has 1 saturated carbocycles. The van der Waals surface area contributed by atoms with Crippen LogP contribution in [0.5, 0.6) is 0 Å². The maximum atomic E-state index is 12.3. The molecule has 0 saturated heterocycles. The van der Waals surface area contributed by atoms with Gasteiger partial charge in [-0.05, 0) is 36.3 Å². The van der Waals surface area contributed by atoms with Crippen molar-refractivity contribution in [3.8, 4) is 0 Å². The molecule has 1 aromatic rings. The summed E-state index contributed by atoms with van der Waals surface area (Å²) < 4.78 is 0. The lowest BCUT2D eigenvalue weighted by atomic mass is 9.77. The summed E-state index contributed by atoms with van der Waals surface area (Å²) in [5.41, 5.74) is 8.35. The number of amides is 1. The molecule has 3 heteroatoms. The molecule has 3 nitrogen and oxygen atoms in total. The summed E-state index contributed by atoms with van der Waals surface area (Å²) in [4.78, 5) is 12.3. The van der Waals surface area contributed by atoms with Gasteiger partial charge in [-0.25, -0.2) is 0 Å². The zero-order valence-electron chi connectivity index (χ0n) is 11.3. The van der Waals surface area contributed by atoms with Gasteiger partial charge in [0.15, 0.2) is 0 Å². The zero-order chi connectivity index (χ0) is 13.2. The molecule has 2 atom stereocenters. The van der Waals surface area contributed by atoms with Crippen molar-refractivity contribution in [3.63, 3.8) is 0 Å². The van der Waals surface area contributed by atoms with Crippen LogP contribution in [0, 0.1) is 5.92 Å².